The van der Waals surface area contributed by atoms with E-state index in [0.29, 0.717) is 5.82 Å². The Labute approximate surface area is 79.2 Å². The number of nitrogens with one attached hydrogen (secondary N) is 1. The molecule has 0 aromatic carbocycles. The van der Waals surface area contributed by atoms with E-state index in [2.05, 4.69) is 19.6 Å². The van der Waals surface area contributed by atoms with Crippen molar-refractivity contribution >= 4 is 16.2 Å². The summed E-state index contributed by atoms with van der Waals surface area (Å²) in [5.41, 5.74) is 5.07. The third-order valence-electron chi connectivity index (χ3n) is 0.578. The number of nitrogens with zero attached hydrogens (tertiary/aromatic N) is 3. The molecule has 0 bridgehead atoms. The molecular weight excluding hydrogens is 216 g/mol. The minimum atomic E-state index is -4.54. The topological polar surface area (TPSA) is 190 Å². The predicted molar refractivity (Wildman–Crippen MR) is 44.1 cm³/mol. The summed E-state index contributed by atoms with van der Waals surface area (Å²) in [6, 6.07) is 0. The van der Waals surface area contributed by atoms with E-state index in [9.17, 15) is 8.42 Å². The second kappa shape index (κ2) is 6.60. The van der Waals surface area contributed by atoms with Crippen LogP contribution in [-0.2, 0) is 14.6 Å². The smallest absolute Gasteiger partial charge is 0.381 e. The van der Waals surface area contributed by atoms with Crippen LogP contribution in [-0.4, -0.2) is 28.4 Å². The van der Waals surface area contributed by atoms with E-state index >= 15 is 0 Å². The van der Waals surface area contributed by atoms with E-state index in [0.717, 1.165) is 6.26 Å². The molecule has 0 saturated carbocycles. The lowest BCUT2D eigenvalue weighted by Crippen LogP contribution is -1.96. The van der Waals surface area contributed by atoms with Crippen LogP contribution in [0.5, 0.6) is 0 Å². The molecule has 0 spiro atoms. The SMILES string of the molecule is N.N#COS(=O)(=O)O.Nc1c[nH]nn1. The molecule has 0 aliphatic carbocycles. The number of hydrogen-bond donors (Lipinski definition) is 4. The van der Waals surface area contributed by atoms with Crippen molar-refractivity contribution in [3.63, 3.8) is 0 Å². The Morgan fingerprint density at radius 1 is 1.71 bits per heavy atom. The Balaban J connectivity index is 0. The van der Waals surface area contributed by atoms with Crippen LogP contribution in [0.1, 0.15) is 0 Å². The first-order valence-corrected chi connectivity index (χ1v) is 3.99. The first-order chi connectivity index (χ1) is 5.95. The first kappa shape index (κ1) is 14.6. The van der Waals surface area contributed by atoms with Gasteiger partial charge in [-0.15, -0.1) is 10.4 Å². The number of rotatable bonds is 1. The van der Waals surface area contributed by atoms with Crippen LogP contribution in [0.15, 0.2) is 6.20 Å². The summed E-state index contributed by atoms with van der Waals surface area (Å²) >= 11 is 0. The largest absolute Gasteiger partial charge is 0.456 e. The van der Waals surface area contributed by atoms with E-state index in [1.807, 2.05) is 0 Å². The fourth-order valence-electron chi connectivity index (χ4n) is 0.258. The highest BCUT2D eigenvalue weighted by Gasteiger charge is 1.99. The number of anilines is 1. The highest BCUT2D eigenvalue weighted by molar-refractivity contribution is 7.81. The standard InChI is InChI=1S/C2H4N4.CHNO4S.H3N/c3-2-1-4-6-5-2;2-1-6-7(3,4)5;/h1H,(H3,3,4,5,6);(H,3,4,5);1H3. The van der Waals surface area contributed by atoms with Gasteiger partial charge in [0.1, 0.15) is 0 Å². The van der Waals surface area contributed by atoms with Gasteiger partial charge in [-0.05, 0) is 0 Å². The van der Waals surface area contributed by atoms with Gasteiger partial charge in [0.25, 0.3) is 0 Å². The van der Waals surface area contributed by atoms with Crippen LogP contribution in [0, 0.1) is 11.5 Å². The summed E-state index contributed by atoms with van der Waals surface area (Å²) in [6.07, 6.45) is 2.28. The lowest BCUT2D eigenvalue weighted by Gasteiger charge is -1.80. The molecule has 1 heterocycles. The molecule has 1 aromatic rings. The molecule has 0 amide bonds. The Hall–Kier alpha value is -1.90. The zero-order valence-corrected chi connectivity index (χ0v) is 7.60. The van der Waals surface area contributed by atoms with Crippen molar-refractivity contribution in [2.75, 3.05) is 5.73 Å². The normalized spacial score (nSPS) is 8.57. The third-order valence-corrected chi connectivity index (χ3v) is 0.863. The number of nitrogens with two attached hydrogens (primary N) is 1. The average Bonchev–Trinajstić information content (AvgIpc) is 2.38. The predicted octanol–water partition coefficient (Wildman–Crippen LogP) is -1.16. The van der Waals surface area contributed by atoms with Crippen LogP contribution < -0.4 is 11.9 Å². The summed E-state index contributed by atoms with van der Waals surface area (Å²) in [5.74, 6) is 0.426. The molecule has 0 atom stereocenters. The Morgan fingerprint density at radius 2 is 2.29 bits per heavy atom. The number of nitriles is 1. The number of aromatic nitrogens is 3. The molecule has 10 nitrogen and oxygen atoms in total. The highest BCUT2D eigenvalue weighted by atomic mass is 32.3. The second-order valence-electron chi connectivity index (χ2n) is 1.50. The van der Waals surface area contributed by atoms with Gasteiger partial charge in [-0.2, -0.15) is 8.42 Å². The molecule has 0 saturated heterocycles. The van der Waals surface area contributed by atoms with E-state index in [-0.39, 0.29) is 6.15 Å². The van der Waals surface area contributed by atoms with Crippen LogP contribution in [0.4, 0.5) is 5.82 Å². The fourth-order valence-corrected chi connectivity index (χ4v) is 0.352. The van der Waals surface area contributed by atoms with Gasteiger partial charge in [-0.1, -0.05) is 5.21 Å². The summed E-state index contributed by atoms with van der Waals surface area (Å²) < 4.78 is 29.3. The zero-order chi connectivity index (χ0) is 10.3. The molecule has 1 rings (SSSR count). The van der Waals surface area contributed by atoms with Crippen molar-refractivity contribution in [1.29, 1.82) is 5.26 Å². The molecule has 0 fully saturated rings. The van der Waals surface area contributed by atoms with Gasteiger partial charge in [-0.3, -0.25) is 13.8 Å². The zero-order valence-electron chi connectivity index (χ0n) is 6.78. The van der Waals surface area contributed by atoms with Crippen molar-refractivity contribution in [3.05, 3.63) is 6.20 Å². The summed E-state index contributed by atoms with van der Waals surface area (Å²) in [5, 5.41) is 16.5. The molecular formula is C3H8N6O4S. The van der Waals surface area contributed by atoms with E-state index in [1.54, 1.807) is 0 Å². The van der Waals surface area contributed by atoms with Gasteiger partial charge in [0.05, 0.1) is 6.20 Å². The Morgan fingerprint density at radius 3 is 2.36 bits per heavy atom. The van der Waals surface area contributed by atoms with Crippen LogP contribution in [0.3, 0.4) is 0 Å². The van der Waals surface area contributed by atoms with E-state index in [4.69, 9.17) is 15.5 Å². The molecule has 1 aromatic heterocycles. The van der Waals surface area contributed by atoms with Gasteiger partial charge < -0.3 is 11.9 Å². The maximum atomic E-state index is 9.34. The summed E-state index contributed by atoms with van der Waals surface area (Å²) in [4.78, 5) is 0. The monoisotopic (exact) mass is 224 g/mol. The summed E-state index contributed by atoms with van der Waals surface area (Å²) in [7, 11) is -4.54. The minimum Gasteiger partial charge on any atom is -0.381 e. The summed E-state index contributed by atoms with van der Waals surface area (Å²) in [6.45, 7) is 0. The van der Waals surface area contributed by atoms with Gasteiger partial charge in [0.15, 0.2) is 5.82 Å². The van der Waals surface area contributed by atoms with Crippen molar-refractivity contribution in [2.45, 2.75) is 0 Å². The molecule has 14 heavy (non-hydrogen) atoms. The van der Waals surface area contributed by atoms with Gasteiger partial charge in [0.2, 0.25) is 0 Å². The number of aromatic amines is 1. The third kappa shape index (κ3) is 10.1. The molecule has 80 valence electrons. The maximum absolute atomic E-state index is 9.34. The molecule has 7 N–H and O–H groups in total. The van der Waals surface area contributed by atoms with Gasteiger partial charge in [0, 0.05) is 0 Å². The molecule has 0 aliphatic heterocycles. The van der Waals surface area contributed by atoms with Crippen molar-refractivity contribution in [2.24, 2.45) is 0 Å². The van der Waals surface area contributed by atoms with Crippen LogP contribution >= 0.6 is 0 Å². The second-order valence-corrected chi connectivity index (χ2v) is 2.52. The van der Waals surface area contributed by atoms with Crippen molar-refractivity contribution in [1.82, 2.24) is 21.6 Å². The highest BCUT2D eigenvalue weighted by Crippen LogP contribution is 1.81. The number of nitrogen functional groups attached to an aromatic ring is 1. The number of H-pyrrole nitrogens is 1. The molecule has 11 heteroatoms. The van der Waals surface area contributed by atoms with Crippen LogP contribution in [0.2, 0.25) is 0 Å². The molecule has 0 radical (unpaired) electrons. The first-order valence-electron chi connectivity index (χ1n) is 2.62. The lowest BCUT2D eigenvalue weighted by atomic mass is 10.8. The molecule has 0 aliphatic rings. The fraction of sp³-hybridized carbons (Fsp3) is 0. The number of hydrogen-bond acceptors (Lipinski definition) is 8. The minimum absolute atomic E-state index is 0. The Kier molecular flexibility index (Phi) is 6.89. The van der Waals surface area contributed by atoms with Gasteiger partial charge in [-0.25, -0.2) is 0 Å². The van der Waals surface area contributed by atoms with Gasteiger partial charge >= 0.3 is 16.7 Å². The van der Waals surface area contributed by atoms with Crippen molar-refractivity contribution < 1.29 is 17.2 Å². The van der Waals surface area contributed by atoms with Crippen molar-refractivity contribution in [3.8, 4) is 6.26 Å². The van der Waals surface area contributed by atoms with Crippen LogP contribution in [0.25, 0.3) is 0 Å². The lowest BCUT2D eigenvalue weighted by molar-refractivity contribution is 0.367. The molecule has 0 unspecified atom stereocenters. The van der Waals surface area contributed by atoms with E-state index in [1.165, 1.54) is 6.20 Å². The Bertz CT molecular complexity index is 364. The quantitative estimate of drug-likeness (QED) is 0.336. The van der Waals surface area contributed by atoms with E-state index < -0.39 is 10.4 Å². The average molecular weight is 224 g/mol. The maximum Gasteiger partial charge on any atom is 0.456 e.